The summed E-state index contributed by atoms with van der Waals surface area (Å²) < 4.78 is 47.3. The number of hydrogen-bond acceptors (Lipinski definition) is 3. The lowest BCUT2D eigenvalue weighted by Crippen LogP contribution is -2.71. The van der Waals surface area contributed by atoms with Crippen molar-refractivity contribution in [3.05, 3.63) is 47.8 Å². The molecule has 3 fully saturated rings. The molecule has 3 aliphatic rings. The smallest absolute Gasteiger partial charge is 0.274 e. The molecule has 0 saturated carbocycles. The van der Waals surface area contributed by atoms with Crippen molar-refractivity contribution in [1.29, 1.82) is 0 Å². The van der Waals surface area contributed by atoms with Gasteiger partial charge < -0.3 is 14.5 Å². The van der Waals surface area contributed by atoms with Crippen molar-refractivity contribution in [3.8, 4) is 0 Å². The van der Waals surface area contributed by atoms with Gasteiger partial charge in [-0.2, -0.15) is 0 Å². The van der Waals surface area contributed by atoms with Crippen LogP contribution in [-0.2, 0) is 14.3 Å². The zero-order valence-corrected chi connectivity index (χ0v) is 19.7. The molecule has 0 aliphatic carbocycles. The van der Waals surface area contributed by atoms with Crippen molar-refractivity contribution in [1.82, 2.24) is 9.80 Å². The Kier molecular flexibility index (Phi) is 7.49. The summed E-state index contributed by atoms with van der Waals surface area (Å²) in [4.78, 5) is 26.8. The highest BCUT2D eigenvalue weighted by molar-refractivity contribution is 6.30. The Balaban J connectivity index is 0.000000323. The lowest BCUT2D eigenvalue weighted by molar-refractivity contribution is -0.224. The van der Waals surface area contributed by atoms with E-state index in [1.54, 1.807) is 12.1 Å². The van der Waals surface area contributed by atoms with Crippen LogP contribution in [0.5, 0.6) is 0 Å². The van der Waals surface area contributed by atoms with Crippen LogP contribution in [0.2, 0.25) is 5.02 Å². The van der Waals surface area contributed by atoms with Gasteiger partial charge in [-0.25, -0.2) is 13.2 Å². The first kappa shape index (κ1) is 25.6. The summed E-state index contributed by atoms with van der Waals surface area (Å²) in [5, 5.41) is 0.435. The van der Waals surface area contributed by atoms with Crippen molar-refractivity contribution in [3.63, 3.8) is 0 Å². The Morgan fingerprint density at radius 2 is 1.88 bits per heavy atom. The monoisotopic (exact) mass is 486 g/mol. The first-order valence-electron chi connectivity index (χ1n) is 11.0. The predicted octanol–water partition coefficient (Wildman–Crippen LogP) is 4.55. The maximum Gasteiger partial charge on any atom is 0.274 e. The Morgan fingerprint density at radius 1 is 1.18 bits per heavy atom. The summed E-state index contributed by atoms with van der Waals surface area (Å²) in [7, 11) is 0. The van der Waals surface area contributed by atoms with Crippen LogP contribution in [0.25, 0.3) is 0 Å². The van der Waals surface area contributed by atoms with Crippen LogP contribution in [0.1, 0.15) is 33.1 Å². The molecule has 4 rings (SSSR count). The van der Waals surface area contributed by atoms with E-state index < -0.39 is 17.9 Å². The molecule has 1 aromatic carbocycles. The second-order valence-corrected chi connectivity index (χ2v) is 10.1. The van der Waals surface area contributed by atoms with E-state index in [4.69, 9.17) is 16.3 Å². The molecule has 182 valence electrons. The molecule has 1 aromatic rings. The summed E-state index contributed by atoms with van der Waals surface area (Å²) in [5.74, 6) is -4.17. The summed E-state index contributed by atoms with van der Waals surface area (Å²) >= 11 is 5.40. The van der Waals surface area contributed by atoms with E-state index >= 15 is 0 Å². The molecule has 5 nitrogen and oxygen atoms in total. The molecule has 9 heteroatoms. The summed E-state index contributed by atoms with van der Waals surface area (Å²) in [5.41, 5.74) is -1.45. The minimum Gasteiger partial charge on any atom is -0.375 e. The number of hydrogen-bond donors (Lipinski definition) is 0. The fourth-order valence-corrected chi connectivity index (χ4v) is 4.66. The van der Waals surface area contributed by atoms with Crippen LogP contribution < -0.4 is 0 Å². The molecule has 0 aromatic heterocycles. The van der Waals surface area contributed by atoms with Crippen molar-refractivity contribution in [2.24, 2.45) is 11.3 Å². The zero-order valence-electron chi connectivity index (χ0n) is 19.0. The lowest BCUT2D eigenvalue weighted by atomic mass is 9.69. The molecule has 1 atom stereocenters. The molecular weight excluding hydrogens is 457 g/mol. The number of piperidine rings is 1. The molecule has 3 heterocycles. The predicted molar refractivity (Wildman–Crippen MR) is 120 cm³/mol. The van der Waals surface area contributed by atoms with Gasteiger partial charge in [0.1, 0.15) is 5.82 Å². The fourth-order valence-electron chi connectivity index (χ4n) is 4.48. The Labute approximate surface area is 197 Å². The van der Waals surface area contributed by atoms with E-state index in [-0.39, 0.29) is 48.7 Å². The Hall–Kier alpha value is -2.06. The number of halogens is 4. The van der Waals surface area contributed by atoms with E-state index in [1.165, 1.54) is 21.9 Å². The molecule has 0 radical (unpaired) electrons. The second-order valence-electron chi connectivity index (χ2n) is 9.64. The molecule has 3 saturated heterocycles. The number of rotatable bonds is 2. The second kappa shape index (κ2) is 9.66. The minimum atomic E-state index is -2.99. The van der Waals surface area contributed by atoms with E-state index in [1.807, 2.05) is 13.8 Å². The zero-order chi connectivity index (χ0) is 24.4. The topological polar surface area (TPSA) is 49.9 Å². The number of benzene rings is 1. The van der Waals surface area contributed by atoms with Gasteiger partial charge in [-0.05, 0) is 57.4 Å². The first-order chi connectivity index (χ1) is 15.4. The largest absolute Gasteiger partial charge is 0.375 e. The van der Waals surface area contributed by atoms with E-state index in [0.29, 0.717) is 24.6 Å². The standard InChI is InChI=1S/C18H26F2N2O3.C6H4ClF/c1-4-14(23)22-10-17(11-22)7-8-21(12-18(17,19)20)15(24)13-5-6-16(2,3)25-9-13;7-5-2-1-3-6(8)4-5/h4,13H,1,5-12H2,2-3H3;1-4H. The third-order valence-corrected chi connectivity index (χ3v) is 6.95. The van der Waals surface area contributed by atoms with Gasteiger partial charge in [0.15, 0.2) is 0 Å². The molecule has 1 spiro atoms. The number of alkyl halides is 2. The maximum absolute atomic E-state index is 14.8. The van der Waals surface area contributed by atoms with Gasteiger partial charge in [-0.1, -0.05) is 24.2 Å². The van der Waals surface area contributed by atoms with Gasteiger partial charge in [0.2, 0.25) is 11.8 Å². The van der Waals surface area contributed by atoms with Crippen molar-refractivity contribution >= 4 is 23.4 Å². The average Bonchev–Trinajstić information content (AvgIpc) is 2.71. The minimum absolute atomic E-state index is 0.0353. The molecule has 0 bridgehead atoms. The van der Waals surface area contributed by atoms with Crippen LogP contribution in [0.15, 0.2) is 36.9 Å². The number of nitrogens with zero attached hydrogens (tertiary/aromatic N) is 2. The van der Waals surface area contributed by atoms with Crippen LogP contribution in [-0.4, -0.2) is 65.9 Å². The fraction of sp³-hybridized carbons (Fsp3) is 0.583. The number of amides is 2. The Bertz CT molecular complexity index is 875. The maximum atomic E-state index is 14.8. The number of carbonyl (C=O) groups excluding carboxylic acids is 2. The summed E-state index contributed by atoms with van der Waals surface area (Å²) in [6, 6.07) is 5.82. The van der Waals surface area contributed by atoms with E-state index in [2.05, 4.69) is 6.58 Å². The van der Waals surface area contributed by atoms with Crippen LogP contribution in [0.4, 0.5) is 13.2 Å². The molecule has 2 amide bonds. The van der Waals surface area contributed by atoms with Crippen LogP contribution in [0, 0.1) is 17.2 Å². The average molecular weight is 487 g/mol. The highest BCUT2D eigenvalue weighted by atomic mass is 35.5. The molecular formula is C24H30ClF3N2O3. The molecule has 33 heavy (non-hydrogen) atoms. The Morgan fingerprint density at radius 3 is 2.36 bits per heavy atom. The highest BCUT2D eigenvalue weighted by Crippen LogP contribution is 2.50. The van der Waals surface area contributed by atoms with Crippen LogP contribution >= 0.6 is 11.6 Å². The summed E-state index contributed by atoms with van der Waals surface area (Å²) in [6.45, 7) is 7.44. The molecule has 3 aliphatic heterocycles. The number of ether oxygens (including phenoxy) is 1. The van der Waals surface area contributed by atoms with Gasteiger partial charge in [0.05, 0.1) is 30.1 Å². The SMILES string of the molecule is C=CC(=O)N1CC2(CCN(C(=O)C3CCC(C)(C)OC3)CC2(F)F)C1.Fc1cccc(Cl)c1. The van der Waals surface area contributed by atoms with E-state index in [9.17, 15) is 22.8 Å². The first-order valence-corrected chi connectivity index (χ1v) is 11.4. The lowest BCUT2D eigenvalue weighted by Gasteiger charge is -2.57. The molecule has 1 unspecified atom stereocenters. The van der Waals surface area contributed by atoms with Gasteiger partial charge in [-0.15, -0.1) is 0 Å². The third-order valence-electron chi connectivity index (χ3n) is 6.72. The quantitative estimate of drug-likeness (QED) is 0.576. The van der Waals surface area contributed by atoms with Gasteiger partial charge in [0, 0.05) is 24.7 Å². The van der Waals surface area contributed by atoms with Gasteiger partial charge in [0.25, 0.3) is 5.92 Å². The van der Waals surface area contributed by atoms with Gasteiger partial charge >= 0.3 is 0 Å². The highest BCUT2D eigenvalue weighted by Gasteiger charge is 2.63. The number of carbonyl (C=O) groups is 2. The number of likely N-dealkylation sites (tertiary alicyclic amines) is 2. The van der Waals surface area contributed by atoms with Crippen LogP contribution in [0.3, 0.4) is 0 Å². The van der Waals surface area contributed by atoms with E-state index in [0.717, 1.165) is 12.5 Å². The van der Waals surface area contributed by atoms with Crippen molar-refractivity contribution in [2.45, 2.75) is 44.6 Å². The molecule has 0 N–H and O–H groups in total. The van der Waals surface area contributed by atoms with Crippen molar-refractivity contribution in [2.75, 3.05) is 32.8 Å². The normalized spacial score (nSPS) is 24.8. The summed E-state index contributed by atoms with van der Waals surface area (Å²) in [6.07, 6.45) is 2.77. The van der Waals surface area contributed by atoms with Crippen molar-refractivity contribution < 1.29 is 27.5 Å². The third kappa shape index (κ3) is 5.72. The van der Waals surface area contributed by atoms with Gasteiger partial charge in [-0.3, -0.25) is 9.59 Å².